The highest BCUT2D eigenvalue weighted by Gasteiger charge is 2.91. The van der Waals surface area contributed by atoms with Crippen LogP contribution >= 0.6 is 0 Å². The minimum Gasteiger partial charge on any atom is -0.443 e. The first-order valence-corrected chi connectivity index (χ1v) is 11.8. The largest absolute Gasteiger partial charge is 0.521 e. The number of hydrogen-bond donors (Lipinski definition) is 1. The van der Waals surface area contributed by atoms with Crippen molar-refractivity contribution in [1.82, 2.24) is 5.32 Å². The van der Waals surface area contributed by atoms with Gasteiger partial charge in [0.15, 0.2) is 6.61 Å². The number of carbonyl (C=O) groups excluding carboxylic acids is 1. The lowest BCUT2D eigenvalue weighted by atomic mass is 9.91. The van der Waals surface area contributed by atoms with E-state index in [1.807, 2.05) is 0 Å². The van der Waals surface area contributed by atoms with Gasteiger partial charge < -0.3 is 23.3 Å². The van der Waals surface area contributed by atoms with Gasteiger partial charge in [0.05, 0.1) is 6.17 Å². The first-order chi connectivity index (χ1) is 16.5. The topological polar surface area (TPSA) is 66.0 Å². The molecule has 21 heteroatoms. The molecule has 0 aliphatic heterocycles. The Labute approximate surface area is 200 Å². The Morgan fingerprint density at radius 2 is 1.08 bits per heavy atom. The van der Waals surface area contributed by atoms with Gasteiger partial charge in [-0.05, 0) is 20.8 Å². The molecule has 37 heavy (non-hydrogen) atoms. The second-order valence-electron chi connectivity index (χ2n) is 6.84. The molecule has 0 saturated carbocycles. The maximum Gasteiger partial charge on any atom is 0.521 e. The highest BCUT2D eigenvalue weighted by atomic mass is 28.4. The first kappa shape index (κ1) is 35.4. The lowest BCUT2D eigenvalue weighted by Gasteiger charge is -2.40. The smallest absolute Gasteiger partial charge is 0.443 e. The fourth-order valence-corrected chi connectivity index (χ4v) is 4.62. The number of ether oxygens (including phenoxy) is 1. The van der Waals surface area contributed by atoms with Gasteiger partial charge >= 0.3 is 56.9 Å². The number of rotatable bonds is 16. The van der Waals surface area contributed by atoms with Crippen LogP contribution < -0.4 is 5.32 Å². The molecule has 0 unspecified atom stereocenters. The molecule has 0 spiro atoms. The maximum atomic E-state index is 13.8. The minimum atomic E-state index is -8.16. The number of hydrogen-bond acceptors (Lipinski definition) is 5. The van der Waals surface area contributed by atoms with Crippen molar-refractivity contribution in [3.05, 3.63) is 0 Å². The normalized spacial score (nSPS) is 14.8. The zero-order chi connectivity index (χ0) is 29.7. The molecule has 0 aliphatic rings. The van der Waals surface area contributed by atoms with E-state index in [0.717, 1.165) is 0 Å². The van der Waals surface area contributed by atoms with E-state index < -0.39 is 69.6 Å². The van der Waals surface area contributed by atoms with E-state index >= 15 is 0 Å². The zero-order valence-electron chi connectivity index (χ0n) is 18.9. The molecule has 0 heterocycles. The van der Waals surface area contributed by atoms with Gasteiger partial charge in [0.2, 0.25) is 0 Å². The van der Waals surface area contributed by atoms with Crippen LogP contribution in [-0.2, 0) is 18.0 Å². The molecule has 0 atom stereocenters. The predicted octanol–water partition coefficient (Wildman–Crippen LogP) is 5.38. The second kappa shape index (κ2) is 12.1. The van der Waals surface area contributed by atoms with Crippen LogP contribution in [0.2, 0.25) is 0 Å². The number of alkyl carbamates (subject to hydrolysis) is 1. The summed E-state index contributed by atoms with van der Waals surface area (Å²) in [6.45, 7) is 0.913. The summed E-state index contributed by atoms with van der Waals surface area (Å²) in [5, 5.41) is 1.64. The van der Waals surface area contributed by atoms with Crippen LogP contribution in [0.5, 0.6) is 0 Å². The monoisotopic (exact) mass is 601 g/mol. The van der Waals surface area contributed by atoms with E-state index in [2.05, 4.69) is 4.74 Å². The fraction of sp³-hybridized carbons (Fsp3) is 0.938. The third kappa shape index (κ3) is 6.70. The lowest BCUT2D eigenvalue weighted by molar-refractivity contribution is -0.433. The third-order valence-electron chi connectivity index (χ3n) is 4.26. The Balaban J connectivity index is 5.79. The standard InChI is InChI=1S/C16H21F14NO5Si/c1-4-34-37(35-5-2,36-6-3)8-31-10(32)33-7-11(19,20)13(23,24)15(27,28)16(29,30)14(25,26)12(21,22)9(17)18/h9H,4-8H2,1-3H3,(H,31,32). The van der Waals surface area contributed by atoms with Crippen molar-refractivity contribution in [2.45, 2.75) is 62.7 Å². The lowest BCUT2D eigenvalue weighted by Crippen LogP contribution is -2.72. The van der Waals surface area contributed by atoms with Crippen LogP contribution in [0.1, 0.15) is 20.8 Å². The van der Waals surface area contributed by atoms with Crippen molar-refractivity contribution >= 4 is 14.9 Å². The van der Waals surface area contributed by atoms with Gasteiger partial charge in [0, 0.05) is 19.8 Å². The summed E-state index contributed by atoms with van der Waals surface area (Å²) in [6, 6.07) is 0. The van der Waals surface area contributed by atoms with Crippen molar-refractivity contribution in [2.24, 2.45) is 0 Å². The number of nitrogens with one attached hydrogen (secondary N) is 1. The van der Waals surface area contributed by atoms with Gasteiger partial charge in [-0.1, -0.05) is 0 Å². The molecule has 0 aliphatic carbocycles. The highest BCUT2D eigenvalue weighted by molar-refractivity contribution is 6.61. The molecule has 0 rings (SSSR count). The van der Waals surface area contributed by atoms with Crippen LogP contribution in [0.15, 0.2) is 0 Å². The highest BCUT2D eigenvalue weighted by Crippen LogP contribution is 2.60. The maximum absolute atomic E-state index is 13.8. The molecule has 222 valence electrons. The Bertz CT molecular complexity index is 738. The van der Waals surface area contributed by atoms with Gasteiger partial charge in [-0.3, -0.25) is 0 Å². The first-order valence-electron chi connectivity index (χ1n) is 9.85. The Hall–Kier alpha value is -1.61. The number of halogens is 14. The molecule has 0 bridgehead atoms. The molecular weight excluding hydrogens is 580 g/mol. The predicted molar refractivity (Wildman–Crippen MR) is 95.7 cm³/mol. The fourth-order valence-electron chi connectivity index (χ4n) is 2.39. The van der Waals surface area contributed by atoms with Crippen LogP contribution in [0.4, 0.5) is 66.3 Å². The summed E-state index contributed by atoms with van der Waals surface area (Å²) in [4.78, 5) is 11.6. The van der Waals surface area contributed by atoms with Crippen molar-refractivity contribution in [3.8, 4) is 0 Å². The zero-order valence-corrected chi connectivity index (χ0v) is 19.9. The Morgan fingerprint density at radius 1 is 0.703 bits per heavy atom. The molecule has 1 amide bonds. The average Bonchev–Trinajstić information content (AvgIpc) is 2.76. The van der Waals surface area contributed by atoms with E-state index in [4.69, 9.17) is 13.3 Å². The summed E-state index contributed by atoms with van der Waals surface area (Å²) in [5.74, 6) is -45.8. The quantitative estimate of drug-likeness (QED) is 0.190. The van der Waals surface area contributed by atoms with Crippen LogP contribution in [-0.4, -0.2) is 89.5 Å². The molecule has 0 aromatic heterocycles. The van der Waals surface area contributed by atoms with Gasteiger partial charge in [0.25, 0.3) is 0 Å². The van der Waals surface area contributed by atoms with Gasteiger partial charge in [-0.2, -0.15) is 52.7 Å². The number of alkyl halides is 14. The van der Waals surface area contributed by atoms with Gasteiger partial charge in [-0.15, -0.1) is 0 Å². The van der Waals surface area contributed by atoms with Gasteiger partial charge in [0.1, 0.15) is 0 Å². The summed E-state index contributed by atoms with van der Waals surface area (Å²) < 4.78 is 204. The Morgan fingerprint density at radius 3 is 1.43 bits per heavy atom. The van der Waals surface area contributed by atoms with Crippen molar-refractivity contribution in [2.75, 3.05) is 32.6 Å². The number of carbonyl (C=O) groups is 1. The SMILES string of the molecule is CCO[Si](CNC(=O)OCC(F)(F)C(F)(F)C(F)(F)C(F)(F)C(F)(F)C(F)(F)C(F)F)(OCC)OCC. The van der Waals surface area contributed by atoms with E-state index in [1.54, 1.807) is 5.32 Å². The molecule has 0 radical (unpaired) electrons. The molecule has 6 nitrogen and oxygen atoms in total. The van der Waals surface area contributed by atoms with Crippen LogP contribution in [0.25, 0.3) is 0 Å². The summed E-state index contributed by atoms with van der Waals surface area (Å²) in [6.07, 6.45) is -8.64. The molecule has 0 aromatic carbocycles. The summed E-state index contributed by atoms with van der Waals surface area (Å²) in [5.41, 5.74) is 0. The Kier molecular flexibility index (Phi) is 11.5. The van der Waals surface area contributed by atoms with Crippen molar-refractivity contribution in [3.63, 3.8) is 0 Å². The van der Waals surface area contributed by atoms with Crippen LogP contribution in [0, 0.1) is 0 Å². The summed E-state index contributed by atoms with van der Waals surface area (Å²) >= 11 is 0. The molecule has 0 aromatic rings. The van der Waals surface area contributed by atoms with Crippen molar-refractivity contribution in [1.29, 1.82) is 0 Å². The molecule has 0 saturated heterocycles. The van der Waals surface area contributed by atoms with E-state index in [1.165, 1.54) is 20.8 Å². The molecule has 0 fully saturated rings. The van der Waals surface area contributed by atoms with E-state index in [9.17, 15) is 66.3 Å². The van der Waals surface area contributed by atoms with Crippen LogP contribution in [0.3, 0.4) is 0 Å². The molecule has 1 N–H and O–H groups in total. The van der Waals surface area contributed by atoms with E-state index in [-0.39, 0.29) is 19.8 Å². The van der Waals surface area contributed by atoms with Gasteiger partial charge in [-0.25, -0.2) is 13.6 Å². The third-order valence-corrected chi connectivity index (χ3v) is 7.06. The second-order valence-corrected chi connectivity index (χ2v) is 9.42. The van der Waals surface area contributed by atoms with E-state index in [0.29, 0.717) is 0 Å². The molecular formula is C16H21F14NO5Si. The average molecular weight is 601 g/mol. The van der Waals surface area contributed by atoms with Crippen molar-refractivity contribution < 1.29 is 84.3 Å². The minimum absolute atomic E-state index is 0.0776. The number of amides is 1. The summed E-state index contributed by atoms with van der Waals surface area (Å²) in [7, 11) is -3.76.